The predicted octanol–water partition coefficient (Wildman–Crippen LogP) is 2.91. The third kappa shape index (κ3) is 2.47. The largest absolute Gasteiger partial charge is 0.480 e. The van der Waals surface area contributed by atoms with Crippen LogP contribution < -0.4 is 5.56 Å². The monoisotopic (exact) mass is 378 g/mol. The molecule has 0 radical (unpaired) electrons. The summed E-state index contributed by atoms with van der Waals surface area (Å²) in [5.74, 6) is -1.03. The molecule has 1 aliphatic rings. The third-order valence-electron chi connectivity index (χ3n) is 4.38. The van der Waals surface area contributed by atoms with E-state index in [9.17, 15) is 14.7 Å². The number of hydrogen-bond acceptors (Lipinski definition) is 3. The Morgan fingerprint density at radius 2 is 2.04 bits per heavy atom. The van der Waals surface area contributed by atoms with Crippen LogP contribution in [-0.2, 0) is 11.2 Å². The molecule has 0 unspecified atom stereocenters. The quantitative estimate of drug-likeness (QED) is 0.732. The number of rotatable bonds is 3. The zero-order chi connectivity index (χ0) is 17.7. The van der Waals surface area contributed by atoms with E-state index in [2.05, 4.69) is 10.3 Å². The molecular formula is C16H12Cl2N4O3. The fraction of sp³-hybridized carbons (Fsp3) is 0.188. The Morgan fingerprint density at radius 3 is 2.68 bits per heavy atom. The van der Waals surface area contributed by atoms with Crippen molar-refractivity contribution in [1.29, 1.82) is 0 Å². The number of nitrogens with one attached hydrogen (secondary N) is 1. The van der Waals surface area contributed by atoms with Crippen molar-refractivity contribution in [1.82, 2.24) is 19.6 Å². The first-order valence-electron chi connectivity index (χ1n) is 7.52. The van der Waals surface area contributed by atoms with Crippen LogP contribution in [0.25, 0.3) is 16.8 Å². The smallest absolute Gasteiger partial charge is 0.326 e. The number of aliphatic carboxylic acids is 1. The van der Waals surface area contributed by atoms with Crippen LogP contribution in [0.5, 0.6) is 0 Å². The highest BCUT2D eigenvalue weighted by molar-refractivity contribution is 6.34. The molecule has 128 valence electrons. The van der Waals surface area contributed by atoms with Gasteiger partial charge < -0.3 is 5.11 Å². The summed E-state index contributed by atoms with van der Waals surface area (Å²) in [6.07, 6.45) is 2.45. The molecule has 2 aromatic heterocycles. The topological polar surface area (TPSA) is 92.9 Å². The number of nitrogens with zero attached hydrogens (tertiary/aromatic N) is 3. The highest BCUT2D eigenvalue weighted by atomic mass is 35.5. The van der Waals surface area contributed by atoms with Crippen molar-refractivity contribution in [2.24, 2.45) is 0 Å². The van der Waals surface area contributed by atoms with Crippen LogP contribution in [0.2, 0.25) is 10.0 Å². The molecule has 0 fully saturated rings. The number of carboxylic acid groups (broad SMARTS) is 1. The van der Waals surface area contributed by atoms with Crippen LogP contribution in [0.4, 0.5) is 0 Å². The molecule has 1 aromatic carbocycles. The third-order valence-corrected chi connectivity index (χ3v) is 4.98. The fourth-order valence-corrected chi connectivity index (χ4v) is 3.61. The zero-order valence-corrected chi connectivity index (χ0v) is 14.3. The zero-order valence-electron chi connectivity index (χ0n) is 12.7. The summed E-state index contributed by atoms with van der Waals surface area (Å²) in [7, 11) is 0. The van der Waals surface area contributed by atoms with Gasteiger partial charge in [0.1, 0.15) is 17.4 Å². The number of hydrogen-bond donors (Lipinski definition) is 2. The molecule has 0 aliphatic carbocycles. The number of pyridine rings is 1. The van der Waals surface area contributed by atoms with E-state index in [1.807, 2.05) is 0 Å². The Bertz CT molecular complexity index is 1040. The van der Waals surface area contributed by atoms with Crippen molar-refractivity contribution in [2.75, 3.05) is 0 Å². The van der Waals surface area contributed by atoms with Crippen LogP contribution in [0, 0.1) is 0 Å². The lowest BCUT2D eigenvalue weighted by atomic mass is 10.0. The van der Waals surface area contributed by atoms with Gasteiger partial charge in [-0.1, -0.05) is 23.2 Å². The van der Waals surface area contributed by atoms with Crippen molar-refractivity contribution in [3.63, 3.8) is 0 Å². The minimum atomic E-state index is -1.03. The van der Waals surface area contributed by atoms with Crippen molar-refractivity contribution < 1.29 is 9.90 Å². The van der Waals surface area contributed by atoms with E-state index >= 15 is 0 Å². The minimum Gasteiger partial charge on any atom is -0.480 e. The van der Waals surface area contributed by atoms with E-state index in [1.165, 1.54) is 4.57 Å². The molecule has 3 aromatic rings. The minimum absolute atomic E-state index is 0.0297. The summed E-state index contributed by atoms with van der Waals surface area (Å²) in [5, 5.41) is 16.3. The molecule has 0 spiro atoms. The summed E-state index contributed by atoms with van der Waals surface area (Å²) in [5.41, 5.74) is 2.06. The average Bonchev–Trinajstić information content (AvgIpc) is 2.95. The molecule has 4 rings (SSSR count). The predicted molar refractivity (Wildman–Crippen MR) is 92.6 cm³/mol. The van der Waals surface area contributed by atoms with Gasteiger partial charge in [0, 0.05) is 21.8 Å². The molecule has 2 N–H and O–H groups in total. The lowest BCUT2D eigenvalue weighted by molar-refractivity contribution is -0.140. The molecule has 0 saturated carbocycles. The van der Waals surface area contributed by atoms with Crippen LogP contribution in [0.1, 0.15) is 18.2 Å². The van der Waals surface area contributed by atoms with Crippen molar-refractivity contribution in [3.8, 4) is 16.8 Å². The maximum absolute atomic E-state index is 12.7. The van der Waals surface area contributed by atoms with Gasteiger partial charge in [-0.3, -0.25) is 9.36 Å². The highest BCUT2D eigenvalue weighted by Gasteiger charge is 2.31. The maximum Gasteiger partial charge on any atom is 0.326 e. The Kier molecular flexibility index (Phi) is 3.70. The highest BCUT2D eigenvalue weighted by Crippen LogP contribution is 2.36. The standard InChI is InChI=1S/C16H12Cl2N4O3/c17-8-1-3-12(21-7-19-20-21)10(5-8)11-6-9-2-4-13(16(24)25)22(9)15(23)14(11)18/h1,3,5-7,13,20H,2,4H2,(H,24,25)/t13-/m0/s1. The van der Waals surface area contributed by atoms with E-state index in [4.69, 9.17) is 23.2 Å². The maximum atomic E-state index is 12.7. The van der Waals surface area contributed by atoms with Gasteiger partial charge in [0.05, 0.1) is 5.69 Å². The van der Waals surface area contributed by atoms with E-state index in [-0.39, 0.29) is 5.02 Å². The Morgan fingerprint density at radius 1 is 1.28 bits per heavy atom. The van der Waals surface area contributed by atoms with Gasteiger partial charge in [0.2, 0.25) is 0 Å². The molecule has 25 heavy (non-hydrogen) atoms. The van der Waals surface area contributed by atoms with Crippen molar-refractivity contribution in [3.05, 3.63) is 56.7 Å². The van der Waals surface area contributed by atoms with Crippen molar-refractivity contribution >= 4 is 29.2 Å². The van der Waals surface area contributed by atoms with Gasteiger partial charge in [-0.15, -0.1) is 5.10 Å². The number of halogens is 2. The summed E-state index contributed by atoms with van der Waals surface area (Å²) in [6, 6.07) is 6.11. The summed E-state index contributed by atoms with van der Waals surface area (Å²) in [6.45, 7) is 0. The number of aryl methyl sites for hydroxylation is 1. The normalized spacial score (nSPS) is 16.2. The summed E-state index contributed by atoms with van der Waals surface area (Å²) >= 11 is 12.5. The molecule has 1 aliphatic heterocycles. The van der Waals surface area contributed by atoms with Gasteiger partial charge in [0.25, 0.3) is 5.56 Å². The second kappa shape index (κ2) is 5.79. The van der Waals surface area contributed by atoms with E-state index in [0.29, 0.717) is 34.7 Å². The van der Waals surface area contributed by atoms with Gasteiger partial charge in [-0.2, -0.15) is 0 Å². The van der Waals surface area contributed by atoms with Gasteiger partial charge in [0.15, 0.2) is 0 Å². The Hall–Kier alpha value is -2.51. The van der Waals surface area contributed by atoms with E-state index in [0.717, 1.165) is 5.69 Å². The lowest BCUT2D eigenvalue weighted by Crippen LogP contribution is -2.28. The van der Waals surface area contributed by atoms with Crippen LogP contribution >= 0.6 is 23.2 Å². The number of carbonyl (C=O) groups is 1. The van der Waals surface area contributed by atoms with E-state index in [1.54, 1.807) is 35.3 Å². The molecular weight excluding hydrogens is 367 g/mol. The number of aromatic amines is 1. The first-order valence-corrected chi connectivity index (χ1v) is 8.27. The second-order valence-corrected chi connectivity index (χ2v) is 6.62. The SMILES string of the molecule is O=C(O)[C@@H]1CCc2cc(-c3cc(Cl)ccc3-n3cn[nH]3)c(Cl)c(=O)n21. The van der Waals surface area contributed by atoms with Crippen LogP contribution in [0.15, 0.2) is 35.4 Å². The van der Waals surface area contributed by atoms with Crippen molar-refractivity contribution in [2.45, 2.75) is 18.9 Å². The number of benzene rings is 1. The number of carboxylic acids is 1. The Labute approximate surface area is 151 Å². The molecule has 9 heteroatoms. The molecule has 0 bridgehead atoms. The molecule has 1 atom stereocenters. The van der Waals surface area contributed by atoms with E-state index < -0.39 is 17.6 Å². The number of H-pyrrole nitrogens is 1. The lowest BCUT2D eigenvalue weighted by Gasteiger charge is -2.17. The molecule has 0 amide bonds. The van der Waals surface area contributed by atoms with Gasteiger partial charge in [-0.05, 0) is 37.1 Å². The molecule has 7 nitrogen and oxygen atoms in total. The molecule has 0 saturated heterocycles. The van der Waals surface area contributed by atoms with Crippen LogP contribution in [0.3, 0.4) is 0 Å². The summed E-state index contributed by atoms with van der Waals surface area (Å²) < 4.78 is 2.94. The van der Waals surface area contributed by atoms with Gasteiger partial charge in [-0.25, -0.2) is 14.7 Å². The Balaban J connectivity index is 1.96. The van der Waals surface area contributed by atoms with Gasteiger partial charge >= 0.3 is 5.97 Å². The fourth-order valence-electron chi connectivity index (χ4n) is 3.19. The first kappa shape index (κ1) is 16.0. The second-order valence-electron chi connectivity index (χ2n) is 5.81. The first-order chi connectivity index (χ1) is 12.0. The summed E-state index contributed by atoms with van der Waals surface area (Å²) in [4.78, 5) is 24.1. The average molecular weight is 379 g/mol. The number of fused-ring (bicyclic) bond motifs is 1. The molecule has 3 heterocycles. The number of aromatic nitrogens is 4. The van der Waals surface area contributed by atoms with Crippen LogP contribution in [-0.4, -0.2) is 30.6 Å².